The van der Waals surface area contributed by atoms with Crippen LogP contribution in [0.2, 0.25) is 0 Å². The fraction of sp³-hybridized carbons (Fsp3) is 1.00. The molecule has 2 N–H and O–H groups in total. The number of rotatable bonds is 2. The van der Waals surface area contributed by atoms with Crippen molar-refractivity contribution in [2.24, 2.45) is 63.4 Å². The molecule has 8 atom stereocenters. The van der Waals surface area contributed by atoms with E-state index < -0.39 is 0 Å². The van der Waals surface area contributed by atoms with Crippen molar-refractivity contribution in [2.45, 2.75) is 94.0 Å². The Bertz CT molecular complexity index is 514. The Morgan fingerprint density at radius 1 is 0.920 bits per heavy atom. The lowest BCUT2D eigenvalue weighted by Crippen LogP contribution is -2.64. The van der Waals surface area contributed by atoms with Crippen LogP contribution in [-0.2, 0) is 0 Å². The second kappa shape index (κ2) is 5.49. The summed E-state index contributed by atoms with van der Waals surface area (Å²) in [6.45, 7) is 24.7. The van der Waals surface area contributed by atoms with Crippen molar-refractivity contribution in [1.29, 1.82) is 0 Å². The van der Waals surface area contributed by atoms with Crippen LogP contribution in [-0.4, -0.2) is 5.54 Å². The second-order valence-corrected chi connectivity index (χ2v) is 13.3. The fourth-order valence-electron chi connectivity index (χ4n) is 8.48. The summed E-state index contributed by atoms with van der Waals surface area (Å²) < 4.78 is 0. The van der Waals surface area contributed by atoms with Gasteiger partial charge in [0, 0.05) is 5.54 Å². The molecule has 3 fully saturated rings. The first-order chi connectivity index (χ1) is 11.1. The maximum Gasteiger partial charge on any atom is 0.00998 e. The molecule has 3 rings (SSSR count). The third kappa shape index (κ3) is 2.91. The van der Waals surface area contributed by atoms with Crippen LogP contribution in [0.5, 0.6) is 0 Å². The molecule has 3 aliphatic rings. The zero-order valence-electron chi connectivity index (χ0n) is 18.7. The molecule has 0 aromatic rings. The Kier molecular flexibility index (Phi) is 4.33. The molecular weight excluding hydrogens is 302 g/mol. The highest BCUT2D eigenvalue weighted by Gasteiger charge is 2.74. The summed E-state index contributed by atoms with van der Waals surface area (Å²) >= 11 is 0. The smallest absolute Gasteiger partial charge is 0.00998 e. The second-order valence-electron chi connectivity index (χ2n) is 13.3. The molecule has 0 amide bonds. The lowest BCUT2D eigenvalue weighted by atomic mass is 9.36. The lowest BCUT2D eigenvalue weighted by molar-refractivity contribution is -0.215. The molecule has 0 aromatic carbocycles. The predicted octanol–water partition coefficient (Wildman–Crippen LogP) is 6.37. The van der Waals surface area contributed by atoms with Gasteiger partial charge in [-0.15, -0.1) is 0 Å². The standard InChI is InChI=1S/C24H45N/c1-14-11-15(13-23(8,9)25)17-12-16(14)18-19(21(2,3)4)20(22(5,6)7)24(17,18)10/h14-20H,11-13,25H2,1-10H3/t14?,15?,16?,17?,18-,19?,20?,24?/m1/s1. The topological polar surface area (TPSA) is 26.0 Å². The fourth-order valence-corrected chi connectivity index (χ4v) is 8.48. The van der Waals surface area contributed by atoms with Crippen LogP contribution >= 0.6 is 0 Å². The maximum atomic E-state index is 6.50. The van der Waals surface area contributed by atoms with E-state index in [1.54, 1.807) is 0 Å². The Morgan fingerprint density at radius 2 is 1.48 bits per heavy atom. The van der Waals surface area contributed by atoms with E-state index in [-0.39, 0.29) is 5.54 Å². The van der Waals surface area contributed by atoms with E-state index in [0.29, 0.717) is 16.2 Å². The maximum absolute atomic E-state index is 6.50. The summed E-state index contributed by atoms with van der Waals surface area (Å²) in [7, 11) is 0. The molecule has 7 unspecified atom stereocenters. The molecule has 25 heavy (non-hydrogen) atoms. The normalized spacial score (nSPS) is 47.4. The van der Waals surface area contributed by atoms with Crippen molar-refractivity contribution in [3.63, 3.8) is 0 Å². The van der Waals surface area contributed by atoms with Crippen molar-refractivity contribution in [1.82, 2.24) is 0 Å². The van der Waals surface area contributed by atoms with Gasteiger partial charge < -0.3 is 5.73 Å². The zero-order valence-corrected chi connectivity index (χ0v) is 18.7. The Balaban J connectivity index is 2.02. The van der Waals surface area contributed by atoms with Crippen molar-refractivity contribution in [2.75, 3.05) is 0 Å². The number of hydrogen-bond donors (Lipinski definition) is 1. The van der Waals surface area contributed by atoms with Crippen LogP contribution < -0.4 is 5.73 Å². The first-order valence-corrected chi connectivity index (χ1v) is 10.9. The molecule has 3 aliphatic carbocycles. The van der Waals surface area contributed by atoms with Crippen LogP contribution in [0, 0.1) is 57.7 Å². The Morgan fingerprint density at radius 3 is 1.92 bits per heavy atom. The molecule has 0 aromatic heterocycles. The third-order valence-electron chi connectivity index (χ3n) is 8.62. The highest BCUT2D eigenvalue weighted by molar-refractivity contribution is 5.22. The van der Waals surface area contributed by atoms with Gasteiger partial charge in [0.15, 0.2) is 0 Å². The van der Waals surface area contributed by atoms with E-state index in [0.717, 1.165) is 41.4 Å². The molecule has 3 saturated carbocycles. The molecule has 1 nitrogen and oxygen atoms in total. The van der Waals surface area contributed by atoms with Crippen molar-refractivity contribution in [3.05, 3.63) is 0 Å². The minimum absolute atomic E-state index is 0.0317. The average Bonchev–Trinajstić information content (AvgIpc) is 2.52. The minimum atomic E-state index is -0.0317. The zero-order chi connectivity index (χ0) is 19.2. The molecular formula is C24H45N. The van der Waals surface area contributed by atoms with Crippen LogP contribution in [0.4, 0.5) is 0 Å². The van der Waals surface area contributed by atoms with Gasteiger partial charge in [-0.1, -0.05) is 55.4 Å². The van der Waals surface area contributed by atoms with Gasteiger partial charge in [-0.25, -0.2) is 0 Å². The van der Waals surface area contributed by atoms with E-state index in [1.165, 1.54) is 19.3 Å². The van der Waals surface area contributed by atoms with Gasteiger partial charge in [-0.2, -0.15) is 0 Å². The average molecular weight is 348 g/mol. The predicted molar refractivity (Wildman–Crippen MR) is 109 cm³/mol. The summed E-state index contributed by atoms with van der Waals surface area (Å²) in [5.74, 6) is 6.20. The minimum Gasteiger partial charge on any atom is -0.326 e. The summed E-state index contributed by atoms with van der Waals surface area (Å²) in [6, 6.07) is 0. The monoisotopic (exact) mass is 347 g/mol. The third-order valence-corrected chi connectivity index (χ3v) is 8.62. The highest BCUT2D eigenvalue weighted by Crippen LogP contribution is 2.79. The molecule has 0 aliphatic heterocycles. The van der Waals surface area contributed by atoms with Gasteiger partial charge in [0.2, 0.25) is 0 Å². The van der Waals surface area contributed by atoms with Gasteiger partial charge in [-0.05, 0) is 90.8 Å². The van der Waals surface area contributed by atoms with E-state index in [2.05, 4.69) is 69.2 Å². The SMILES string of the molecule is CC1CC(CC(C)(C)N)C2CC1[C@@H]1C(C(C)(C)C)C(C(C)(C)C)C21C. The molecule has 146 valence electrons. The number of hydrogen-bond acceptors (Lipinski definition) is 1. The van der Waals surface area contributed by atoms with Gasteiger partial charge >= 0.3 is 0 Å². The molecule has 1 heteroatoms. The first kappa shape index (κ1) is 19.7. The molecule has 2 bridgehead atoms. The Hall–Kier alpha value is -0.0400. The van der Waals surface area contributed by atoms with Crippen molar-refractivity contribution >= 4 is 0 Å². The first-order valence-electron chi connectivity index (χ1n) is 10.9. The molecule has 0 spiro atoms. The van der Waals surface area contributed by atoms with Crippen LogP contribution in [0.15, 0.2) is 0 Å². The van der Waals surface area contributed by atoms with Crippen LogP contribution in [0.3, 0.4) is 0 Å². The lowest BCUT2D eigenvalue weighted by Gasteiger charge is -2.69. The van der Waals surface area contributed by atoms with E-state index in [1.807, 2.05) is 0 Å². The van der Waals surface area contributed by atoms with E-state index in [4.69, 9.17) is 5.73 Å². The van der Waals surface area contributed by atoms with Crippen LogP contribution in [0.25, 0.3) is 0 Å². The summed E-state index contributed by atoms with van der Waals surface area (Å²) in [5, 5.41) is 0. The van der Waals surface area contributed by atoms with Gasteiger partial charge in [0.1, 0.15) is 0 Å². The summed E-state index contributed by atoms with van der Waals surface area (Å²) in [6.07, 6.45) is 4.09. The van der Waals surface area contributed by atoms with E-state index in [9.17, 15) is 0 Å². The summed E-state index contributed by atoms with van der Waals surface area (Å²) in [5.41, 5.74) is 7.81. The van der Waals surface area contributed by atoms with Gasteiger partial charge in [0.25, 0.3) is 0 Å². The number of nitrogens with two attached hydrogens (primary N) is 1. The highest BCUT2D eigenvalue weighted by atomic mass is 14.8. The quantitative estimate of drug-likeness (QED) is 0.617. The van der Waals surface area contributed by atoms with Gasteiger partial charge in [0.05, 0.1) is 0 Å². The van der Waals surface area contributed by atoms with Crippen molar-refractivity contribution in [3.8, 4) is 0 Å². The summed E-state index contributed by atoms with van der Waals surface area (Å²) in [4.78, 5) is 0. The molecule has 0 saturated heterocycles. The van der Waals surface area contributed by atoms with Crippen LogP contribution in [0.1, 0.15) is 88.5 Å². The van der Waals surface area contributed by atoms with Crippen molar-refractivity contribution < 1.29 is 0 Å². The molecule has 0 heterocycles. The largest absolute Gasteiger partial charge is 0.326 e. The van der Waals surface area contributed by atoms with E-state index >= 15 is 0 Å². The molecule has 0 radical (unpaired) electrons. The van der Waals surface area contributed by atoms with Gasteiger partial charge in [-0.3, -0.25) is 0 Å². The number of fused-ring (bicyclic) bond motifs is 5. The Labute approximate surface area is 157 Å².